The van der Waals surface area contributed by atoms with Crippen LogP contribution in [0.2, 0.25) is 0 Å². The molecule has 88 valence electrons. The van der Waals surface area contributed by atoms with Gasteiger partial charge in [0.2, 0.25) is 0 Å². The highest BCUT2D eigenvalue weighted by atomic mass is 16.3. The fourth-order valence-corrected chi connectivity index (χ4v) is 2.24. The molecule has 0 bridgehead atoms. The lowest BCUT2D eigenvalue weighted by molar-refractivity contribution is 0.0446. The van der Waals surface area contributed by atoms with E-state index in [4.69, 9.17) is 0 Å². The van der Waals surface area contributed by atoms with Gasteiger partial charge in [0.05, 0.1) is 12.2 Å². The minimum atomic E-state index is -0.650. The molecule has 1 fully saturated rings. The first-order valence-corrected chi connectivity index (χ1v) is 5.64. The molecule has 0 aromatic carbocycles. The molecule has 2 N–H and O–H groups in total. The quantitative estimate of drug-likeness (QED) is 0.781. The number of aromatic nitrogens is 1. The van der Waals surface area contributed by atoms with Crippen molar-refractivity contribution in [1.82, 2.24) is 4.98 Å². The third-order valence-corrected chi connectivity index (χ3v) is 3.01. The number of rotatable bonds is 2. The largest absolute Gasteiger partial charge is 0.392 e. The fraction of sp³-hybridized carbons (Fsp3) is 0.583. The van der Waals surface area contributed by atoms with Crippen molar-refractivity contribution in [3.8, 4) is 0 Å². The van der Waals surface area contributed by atoms with Gasteiger partial charge in [0.25, 0.3) is 0 Å². The molecule has 4 heteroatoms. The normalized spacial score (nSPS) is 25.8. The van der Waals surface area contributed by atoms with Gasteiger partial charge < -0.3 is 15.1 Å². The van der Waals surface area contributed by atoms with Gasteiger partial charge in [-0.15, -0.1) is 0 Å². The van der Waals surface area contributed by atoms with Crippen molar-refractivity contribution in [2.45, 2.75) is 32.0 Å². The van der Waals surface area contributed by atoms with Crippen molar-refractivity contribution in [2.24, 2.45) is 0 Å². The standard InChI is InChI=1S/C12H18N2O2/c1-12(16)5-3-7-14(9-12)11-10(8-15)4-2-6-13-11/h2,4,6,15-16H,3,5,7-9H2,1H3. The van der Waals surface area contributed by atoms with E-state index in [9.17, 15) is 10.2 Å². The van der Waals surface area contributed by atoms with Gasteiger partial charge in [-0.05, 0) is 25.8 Å². The number of β-amino-alcohol motifs (C(OH)–C–C–N with tert-alkyl or cyclic N) is 1. The number of hydrogen-bond donors (Lipinski definition) is 2. The Bertz CT molecular complexity index is 366. The summed E-state index contributed by atoms with van der Waals surface area (Å²) in [4.78, 5) is 6.34. The van der Waals surface area contributed by atoms with Crippen LogP contribution in [-0.2, 0) is 6.61 Å². The van der Waals surface area contributed by atoms with E-state index < -0.39 is 5.60 Å². The van der Waals surface area contributed by atoms with Crippen molar-refractivity contribution in [2.75, 3.05) is 18.0 Å². The molecule has 1 aromatic rings. The Hall–Kier alpha value is -1.13. The van der Waals surface area contributed by atoms with Crippen LogP contribution < -0.4 is 4.90 Å². The third-order valence-electron chi connectivity index (χ3n) is 3.01. The van der Waals surface area contributed by atoms with Gasteiger partial charge in [0.1, 0.15) is 5.82 Å². The maximum atomic E-state index is 10.0. The van der Waals surface area contributed by atoms with Crippen LogP contribution in [0.4, 0.5) is 5.82 Å². The van der Waals surface area contributed by atoms with Crippen molar-refractivity contribution in [3.05, 3.63) is 23.9 Å². The first-order chi connectivity index (χ1) is 7.62. The molecule has 0 spiro atoms. The summed E-state index contributed by atoms with van der Waals surface area (Å²) in [6.45, 7) is 3.31. The lowest BCUT2D eigenvalue weighted by Crippen LogP contribution is -2.46. The SMILES string of the molecule is CC1(O)CCCN(c2ncccc2CO)C1. The zero-order chi connectivity index (χ0) is 11.6. The Kier molecular flexibility index (Phi) is 3.12. The van der Waals surface area contributed by atoms with Crippen molar-refractivity contribution >= 4 is 5.82 Å². The molecule has 1 saturated heterocycles. The Morgan fingerprint density at radius 3 is 3.06 bits per heavy atom. The highest BCUT2D eigenvalue weighted by molar-refractivity contribution is 5.47. The summed E-state index contributed by atoms with van der Waals surface area (Å²) in [5, 5.41) is 19.3. The Morgan fingerprint density at radius 1 is 1.56 bits per heavy atom. The Balaban J connectivity index is 2.23. The van der Waals surface area contributed by atoms with Crippen LogP contribution in [0.5, 0.6) is 0 Å². The molecule has 0 aliphatic carbocycles. The molecular formula is C12H18N2O2. The summed E-state index contributed by atoms with van der Waals surface area (Å²) in [5.41, 5.74) is 0.169. The van der Waals surface area contributed by atoms with E-state index in [-0.39, 0.29) is 6.61 Å². The molecule has 0 amide bonds. The van der Waals surface area contributed by atoms with E-state index in [1.165, 1.54) is 0 Å². The molecule has 1 atom stereocenters. The molecule has 1 aliphatic heterocycles. The molecular weight excluding hydrogens is 204 g/mol. The van der Waals surface area contributed by atoms with Gasteiger partial charge in [0, 0.05) is 24.8 Å². The van der Waals surface area contributed by atoms with E-state index in [2.05, 4.69) is 9.88 Å². The third kappa shape index (κ3) is 2.33. The van der Waals surface area contributed by atoms with Crippen LogP contribution in [0, 0.1) is 0 Å². The van der Waals surface area contributed by atoms with E-state index in [0.717, 1.165) is 30.8 Å². The molecule has 1 aliphatic rings. The summed E-state index contributed by atoms with van der Waals surface area (Å²) < 4.78 is 0. The van der Waals surface area contributed by atoms with Gasteiger partial charge in [-0.25, -0.2) is 4.98 Å². The minimum Gasteiger partial charge on any atom is -0.392 e. The van der Waals surface area contributed by atoms with Gasteiger partial charge >= 0.3 is 0 Å². The number of aliphatic hydroxyl groups is 2. The van der Waals surface area contributed by atoms with Crippen LogP contribution in [-0.4, -0.2) is 33.9 Å². The second-order valence-electron chi connectivity index (χ2n) is 4.67. The van der Waals surface area contributed by atoms with Gasteiger partial charge in [-0.3, -0.25) is 0 Å². The Labute approximate surface area is 95.5 Å². The molecule has 2 heterocycles. The van der Waals surface area contributed by atoms with Crippen molar-refractivity contribution in [3.63, 3.8) is 0 Å². The van der Waals surface area contributed by atoms with Gasteiger partial charge in [-0.2, -0.15) is 0 Å². The van der Waals surface area contributed by atoms with Crippen LogP contribution in [0.3, 0.4) is 0 Å². The summed E-state index contributed by atoms with van der Waals surface area (Å²) in [5.74, 6) is 0.796. The molecule has 4 nitrogen and oxygen atoms in total. The summed E-state index contributed by atoms with van der Waals surface area (Å²) in [7, 11) is 0. The van der Waals surface area contributed by atoms with Gasteiger partial charge in [-0.1, -0.05) is 6.07 Å². The number of pyridine rings is 1. The molecule has 1 aromatic heterocycles. The highest BCUT2D eigenvalue weighted by Crippen LogP contribution is 2.26. The van der Waals surface area contributed by atoms with Crippen molar-refractivity contribution in [1.29, 1.82) is 0 Å². The van der Waals surface area contributed by atoms with Crippen LogP contribution >= 0.6 is 0 Å². The number of aliphatic hydroxyl groups excluding tert-OH is 1. The monoisotopic (exact) mass is 222 g/mol. The molecule has 16 heavy (non-hydrogen) atoms. The average molecular weight is 222 g/mol. The molecule has 1 unspecified atom stereocenters. The number of anilines is 1. The number of hydrogen-bond acceptors (Lipinski definition) is 4. The zero-order valence-electron chi connectivity index (χ0n) is 9.56. The smallest absolute Gasteiger partial charge is 0.134 e. The van der Waals surface area contributed by atoms with E-state index in [1.54, 1.807) is 6.20 Å². The molecule has 0 radical (unpaired) electrons. The summed E-state index contributed by atoms with van der Waals surface area (Å²) in [6, 6.07) is 3.68. The topological polar surface area (TPSA) is 56.6 Å². The zero-order valence-corrected chi connectivity index (χ0v) is 9.56. The fourth-order valence-electron chi connectivity index (χ4n) is 2.24. The second-order valence-corrected chi connectivity index (χ2v) is 4.67. The molecule has 2 rings (SSSR count). The van der Waals surface area contributed by atoms with Crippen molar-refractivity contribution < 1.29 is 10.2 Å². The summed E-state index contributed by atoms with van der Waals surface area (Å²) >= 11 is 0. The summed E-state index contributed by atoms with van der Waals surface area (Å²) in [6.07, 6.45) is 3.50. The van der Waals surface area contributed by atoms with Gasteiger partial charge in [0.15, 0.2) is 0 Å². The van der Waals surface area contributed by atoms with Crippen LogP contribution in [0.1, 0.15) is 25.3 Å². The predicted octanol–water partition coefficient (Wildman–Crippen LogP) is 0.925. The maximum absolute atomic E-state index is 10.0. The minimum absolute atomic E-state index is 0.0121. The number of piperidine rings is 1. The highest BCUT2D eigenvalue weighted by Gasteiger charge is 2.29. The number of nitrogens with zero attached hydrogens (tertiary/aromatic N) is 2. The van der Waals surface area contributed by atoms with E-state index in [1.807, 2.05) is 19.1 Å². The first-order valence-electron chi connectivity index (χ1n) is 5.64. The maximum Gasteiger partial charge on any atom is 0.134 e. The average Bonchev–Trinajstić information content (AvgIpc) is 2.27. The van der Waals surface area contributed by atoms with E-state index in [0.29, 0.717) is 6.54 Å². The molecule has 0 saturated carbocycles. The second kappa shape index (κ2) is 4.39. The lowest BCUT2D eigenvalue weighted by Gasteiger charge is -2.38. The first kappa shape index (κ1) is 11.4. The van der Waals surface area contributed by atoms with E-state index >= 15 is 0 Å². The lowest BCUT2D eigenvalue weighted by atomic mass is 9.95. The Morgan fingerprint density at radius 2 is 2.38 bits per heavy atom. The van der Waals surface area contributed by atoms with Crippen LogP contribution in [0.25, 0.3) is 0 Å². The van der Waals surface area contributed by atoms with Crippen LogP contribution in [0.15, 0.2) is 18.3 Å². The predicted molar refractivity (Wildman–Crippen MR) is 62.2 cm³/mol.